The zero-order chi connectivity index (χ0) is 12.9. The van der Waals surface area contributed by atoms with E-state index in [9.17, 15) is 13.6 Å². The third-order valence-electron chi connectivity index (χ3n) is 2.67. The average molecular weight is 238 g/mol. The smallest absolute Gasteiger partial charge is 0.267 e. The van der Waals surface area contributed by atoms with Gasteiger partial charge in [0.05, 0.1) is 0 Å². The van der Waals surface area contributed by atoms with Crippen molar-refractivity contribution in [1.29, 1.82) is 0 Å². The molecule has 1 aromatic carbocycles. The topological polar surface area (TPSA) is 17.1 Å². The Labute approximate surface area is 100 Å². The second-order valence-corrected chi connectivity index (χ2v) is 4.56. The molecule has 0 bridgehead atoms. The van der Waals surface area contributed by atoms with E-state index < -0.39 is 11.5 Å². The summed E-state index contributed by atoms with van der Waals surface area (Å²) >= 11 is 0. The molecule has 0 amide bonds. The summed E-state index contributed by atoms with van der Waals surface area (Å²) in [5, 5.41) is 0. The fourth-order valence-corrected chi connectivity index (χ4v) is 1.58. The number of carbonyl (C=O) groups is 1. The van der Waals surface area contributed by atoms with Gasteiger partial charge in [-0.15, -0.1) is 0 Å². The van der Waals surface area contributed by atoms with Crippen molar-refractivity contribution < 1.29 is 13.6 Å². The number of rotatable bonds is 5. The molecule has 0 radical (unpaired) electrons. The molecule has 0 aromatic heterocycles. The molecule has 0 fully saturated rings. The summed E-state index contributed by atoms with van der Waals surface area (Å²) in [4.78, 5) is 11.8. The van der Waals surface area contributed by atoms with Crippen LogP contribution in [0.15, 0.2) is 42.5 Å². The van der Waals surface area contributed by atoms with Crippen molar-refractivity contribution in [2.24, 2.45) is 5.41 Å². The molecule has 3 heteroatoms. The molecular weight excluding hydrogens is 222 g/mol. The molecule has 0 aliphatic rings. The van der Waals surface area contributed by atoms with Crippen LogP contribution in [0.25, 0.3) is 0 Å². The number of hydrogen-bond acceptors (Lipinski definition) is 1. The number of hydrogen-bond donors (Lipinski definition) is 0. The summed E-state index contributed by atoms with van der Waals surface area (Å²) in [7, 11) is 0. The largest absolute Gasteiger partial charge is 0.299 e. The SMILES string of the molecule is CC(C)(C=C(F)F)C(=O)CCc1ccccc1. The van der Waals surface area contributed by atoms with Crippen LogP contribution < -0.4 is 0 Å². The lowest BCUT2D eigenvalue weighted by molar-refractivity contribution is -0.125. The molecule has 0 aliphatic heterocycles. The van der Waals surface area contributed by atoms with Crippen molar-refractivity contribution in [3.63, 3.8) is 0 Å². The Balaban J connectivity index is 2.59. The molecule has 0 saturated carbocycles. The highest BCUT2D eigenvalue weighted by Gasteiger charge is 2.25. The first-order valence-corrected chi connectivity index (χ1v) is 5.53. The fourth-order valence-electron chi connectivity index (χ4n) is 1.58. The fraction of sp³-hybridized carbons (Fsp3) is 0.357. The standard InChI is InChI=1S/C14H16F2O/c1-14(2,10-13(15)16)12(17)9-8-11-6-4-3-5-7-11/h3-7,10H,8-9H2,1-2H3. The molecule has 1 aromatic rings. The average Bonchev–Trinajstić information content (AvgIpc) is 2.25. The third kappa shape index (κ3) is 4.47. The highest BCUT2D eigenvalue weighted by Crippen LogP contribution is 2.24. The predicted octanol–water partition coefficient (Wildman–Crippen LogP) is 3.99. The number of ketones is 1. The molecular formula is C14H16F2O. The van der Waals surface area contributed by atoms with Gasteiger partial charge >= 0.3 is 0 Å². The Kier molecular flexibility index (Phi) is 4.55. The zero-order valence-corrected chi connectivity index (χ0v) is 10.0. The van der Waals surface area contributed by atoms with Gasteiger partial charge in [0, 0.05) is 11.8 Å². The van der Waals surface area contributed by atoms with Gasteiger partial charge in [0.2, 0.25) is 0 Å². The number of allylic oxidation sites excluding steroid dienone is 1. The van der Waals surface area contributed by atoms with Crippen LogP contribution in [-0.2, 0) is 11.2 Å². The van der Waals surface area contributed by atoms with Gasteiger partial charge in [0.1, 0.15) is 5.78 Å². The quantitative estimate of drug-likeness (QED) is 0.757. The van der Waals surface area contributed by atoms with Gasteiger partial charge in [-0.25, -0.2) is 0 Å². The Bertz CT molecular complexity index is 403. The second-order valence-electron chi connectivity index (χ2n) is 4.56. The van der Waals surface area contributed by atoms with Crippen LogP contribution in [0.3, 0.4) is 0 Å². The van der Waals surface area contributed by atoms with Gasteiger partial charge in [0.15, 0.2) is 0 Å². The summed E-state index contributed by atoms with van der Waals surface area (Å²) in [6, 6.07) is 9.53. The van der Waals surface area contributed by atoms with E-state index in [1.54, 1.807) is 0 Å². The first-order chi connectivity index (χ1) is 7.92. The number of Topliss-reactive ketones (excluding diaryl/α,β-unsaturated/α-hetero) is 1. The molecule has 92 valence electrons. The summed E-state index contributed by atoms with van der Waals surface area (Å²) in [6.45, 7) is 3.03. The van der Waals surface area contributed by atoms with Gasteiger partial charge in [-0.1, -0.05) is 30.3 Å². The third-order valence-corrected chi connectivity index (χ3v) is 2.67. The van der Waals surface area contributed by atoms with Crippen LogP contribution >= 0.6 is 0 Å². The van der Waals surface area contributed by atoms with Crippen molar-refractivity contribution >= 4 is 5.78 Å². The van der Waals surface area contributed by atoms with E-state index in [0.717, 1.165) is 11.6 Å². The van der Waals surface area contributed by atoms with Crippen LogP contribution in [0, 0.1) is 5.41 Å². The number of benzene rings is 1. The van der Waals surface area contributed by atoms with E-state index in [1.807, 2.05) is 30.3 Å². The number of aryl methyl sites for hydroxylation is 1. The minimum atomic E-state index is -1.80. The maximum atomic E-state index is 12.2. The first-order valence-electron chi connectivity index (χ1n) is 5.53. The van der Waals surface area contributed by atoms with Gasteiger partial charge in [-0.05, 0) is 31.9 Å². The van der Waals surface area contributed by atoms with Crippen molar-refractivity contribution in [3.05, 3.63) is 48.1 Å². The van der Waals surface area contributed by atoms with Gasteiger partial charge in [-0.3, -0.25) is 4.79 Å². The van der Waals surface area contributed by atoms with E-state index in [2.05, 4.69) is 0 Å². The van der Waals surface area contributed by atoms with Crippen LogP contribution in [0.1, 0.15) is 25.8 Å². The second kappa shape index (κ2) is 5.71. The molecule has 1 rings (SSSR count). The van der Waals surface area contributed by atoms with Crippen LogP contribution in [0.2, 0.25) is 0 Å². The molecule has 0 spiro atoms. The minimum Gasteiger partial charge on any atom is -0.299 e. The highest BCUT2D eigenvalue weighted by molar-refractivity contribution is 5.86. The highest BCUT2D eigenvalue weighted by atomic mass is 19.3. The Morgan fingerprint density at radius 2 is 1.82 bits per heavy atom. The molecule has 0 saturated heterocycles. The summed E-state index contributed by atoms with van der Waals surface area (Å²) in [5.74, 6) is -0.172. The first kappa shape index (κ1) is 13.6. The van der Waals surface area contributed by atoms with Gasteiger partial charge in [-0.2, -0.15) is 8.78 Å². The van der Waals surface area contributed by atoms with E-state index in [4.69, 9.17) is 0 Å². The van der Waals surface area contributed by atoms with Crippen molar-refractivity contribution in [1.82, 2.24) is 0 Å². The van der Waals surface area contributed by atoms with Gasteiger partial charge < -0.3 is 0 Å². The molecule has 0 heterocycles. The lowest BCUT2D eigenvalue weighted by Gasteiger charge is -2.17. The van der Waals surface area contributed by atoms with Crippen LogP contribution in [0.4, 0.5) is 8.78 Å². The van der Waals surface area contributed by atoms with Crippen molar-refractivity contribution in [2.45, 2.75) is 26.7 Å². The van der Waals surface area contributed by atoms with Crippen LogP contribution in [-0.4, -0.2) is 5.78 Å². The van der Waals surface area contributed by atoms with E-state index in [-0.39, 0.29) is 12.2 Å². The van der Waals surface area contributed by atoms with Crippen molar-refractivity contribution in [3.8, 4) is 0 Å². The Hall–Kier alpha value is -1.51. The number of carbonyl (C=O) groups excluding carboxylic acids is 1. The monoisotopic (exact) mass is 238 g/mol. The van der Waals surface area contributed by atoms with E-state index in [0.29, 0.717) is 6.42 Å². The van der Waals surface area contributed by atoms with Crippen LogP contribution in [0.5, 0.6) is 0 Å². The molecule has 0 unspecified atom stereocenters. The van der Waals surface area contributed by atoms with E-state index in [1.165, 1.54) is 13.8 Å². The zero-order valence-electron chi connectivity index (χ0n) is 10.0. The number of halogens is 2. The molecule has 0 N–H and O–H groups in total. The lowest BCUT2D eigenvalue weighted by Crippen LogP contribution is -2.22. The van der Waals surface area contributed by atoms with E-state index >= 15 is 0 Å². The van der Waals surface area contributed by atoms with Gasteiger partial charge in [0.25, 0.3) is 6.08 Å². The molecule has 0 aliphatic carbocycles. The molecule has 17 heavy (non-hydrogen) atoms. The Morgan fingerprint density at radius 3 is 2.35 bits per heavy atom. The maximum absolute atomic E-state index is 12.2. The maximum Gasteiger partial charge on any atom is 0.267 e. The Morgan fingerprint density at radius 1 is 1.24 bits per heavy atom. The summed E-state index contributed by atoms with van der Waals surface area (Å²) < 4.78 is 24.3. The molecule has 0 atom stereocenters. The normalized spacial score (nSPS) is 11.1. The minimum absolute atomic E-state index is 0.172. The lowest BCUT2D eigenvalue weighted by atomic mass is 9.85. The van der Waals surface area contributed by atoms with Crippen molar-refractivity contribution in [2.75, 3.05) is 0 Å². The summed E-state index contributed by atoms with van der Waals surface area (Å²) in [6.07, 6.45) is -0.213. The summed E-state index contributed by atoms with van der Waals surface area (Å²) in [5.41, 5.74) is -0.0468. The molecule has 1 nitrogen and oxygen atoms in total. The predicted molar refractivity (Wildman–Crippen MR) is 63.9 cm³/mol.